The maximum Gasteiger partial charge on any atom is 0.251 e. The molecule has 3 rings (SSSR count). The third-order valence-corrected chi connectivity index (χ3v) is 6.50. The molecule has 150 valence electrons. The highest BCUT2D eigenvalue weighted by molar-refractivity contribution is 7.89. The molecular weight excluding hydrogens is 378 g/mol. The summed E-state index contributed by atoms with van der Waals surface area (Å²) in [6, 6.07) is 14.0. The van der Waals surface area contributed by atoms with Gasteiger partial charge in [0, 0.05) is 45.0 Å². The molecule has 1 N–H and O–H groups in total. The summed E-state index contributed by atoms with van der Waals surface area (Å²) in [6.45, 7) is 1.77. The van der Waals surface area contributed by atoms with Crippen molar-refractivity contribution in [1.82, 2.24) is 9.62 Å². The van der Waals surface area contributed by atoms with Crippen LogP contribution in [0.25, 0.3) is 0 Å². The molecule has 0 bridgehead atoms. The maximum absolute atomic E-state index is 12.8. The van der Waals surface area contributed by atoms with E-state index < -0.39 is 10.0 Å². The molecule has 0 spiro atoms. The van der Waals surface area contributed by atoms with Crippen molar-refractivity contribution in [2.45, 2.75) is 11.4 Å². The fraction of sp³-hybridized carbons (Fsp3) is 0.350. The first-order valence-electron chi connectivity index (χ1n) is 9.10. The number of nitrogens with one attached hydrogen (secondary N) is 1. The highest BCUT2D eigenvalue weighted by atomic mass is 32.2. The number of hydrogen-bond acceptors (Lipinski definition) is 5. The van der Waals surface area contributed by atoms with Crippen LogP contribution in [0.15, 0.2) is 53.4 Å². The third-order valence-electron chi connectivity index (χ3n) is 4.61. The molecule has 1 fully saturated rings. The Morgan fingerprint density at radius 2 is 1.79 bits per heavy atom. The van der Waals surface area contributed by atoms with E-state index in [1.165, 1.54) is 16.4 Å². The Morgan fingerprint density at radius 1 is 1.11 bits per heavy atom. The molecular formula is C20H25N3O4S. The van der Waals surface area contributed by atoms with Gasteiger partial charge in [-0.15, -0.1) is 0 Å². The molecule has 0 unspecified atom stereocenters. The van der Waals surface area contributed by atoms with Gasteiger partial charge in [-0.2, -0.15) is 4.31 Å². The molecule has 7 nitrogen and oxygen atoms in total. The quantitative estimate of drug-likeness (QED) is 0.794. The summed E-state index contributed by atoms with van der Waals surface area (Å²) in [5.41, 5.74) is 2.37. The number of nitrogens with zero attached hydrogens (tertiary/aromatic N) is 2. The standard InChI is InChI=1S/C20H25N3O4S/c1-22(2)18-8-6-16(7-9-18)15-21-20(24)17-4-3-5-19(14-17)28(25,26)23-10-12-27-13-11-23/h3-9,14H,10-13,15H2,1-2H3,(H,21,24). The van der Waals surface area contributed by atoms with Gasteiger partial charge in [0.05, 0.1) is 18.1 Å². The Morgan fingerprint density at radius 3 is 2.43 bits per heavy atom. The van der Waals surface area contributed by atoms with Gasteiger partial charge in [-0.25, -0.2) is 8.42 Å². The first-order chi connectivity index (χ1) is 13.4. The molecule has 2 aromatic carbocycles. The lowest BCUT2D eigenvalue weighted by Gasteiger charge is -2.26. The second-order valence-electron chi connectivity index (χ2n) is 6.79. The van der Waals surface area contributed by atoms with E-state index in [2.05, 4.69) is 5.32 Å². The van der Waals surface area contributed by atoms with Gasteiger partial charge >= 0.3 is 0 Å². The first kappa shape index (κ1) is 20.3. The number of ether oxygens (including phenoxy) is 1. The number of carbonyl (C=O) groups is 1. The van der Waals surface area contributed by atoms with Crippen LogP contribution < -0.4 is 10.2 Å². The van der Waals surface area contributed by atoms with Crippen LogP contribution in [-0.2, 0) is 21.3 Å². The SMILES string of the molecule is CN(C)c1ccc(CNC(=O)c2cccc(S(=O)(=O)N3CCOCC3)c2)cc1. The van der Waals surface area contributed by atoms with E-state index in [0.717, 1.165) is 11.3 Å². The van der Waals surface area contributed by atoms with Crippen LogP contribution in [0.3, 0.4) is 0 Å². The Balaban J connectivity index is 1.68. The second kappa shape index (κ2) is 8.72. The normalized spacial score (nSPS) is 15.2. The lowest BCUT2D eigenvalue weighted by molar-refractivity contribution is 0.0730. The molecule has 1 saturated heterocycles. The van der Waals surface area contributed by atoms with Crippen molar-refractivity contribution in [3.05, 3.63) is 59.7 Å². The Labute approximate surface area is 166 Å². The highest BCUT2D eigenvalue weighted by Gasteiger charge is 2.26. The van der Waals surface area contributed by atoms with Crippen molar-refractivity contribution in [3.63, 3.8) is 0 Å². The number of anilines is 1. The Hall–Kier alpha value is -2.42. The van der Waals surface area contributed by atoms with Gasteiger partial charge in [0.15, 0.2) is 0 Å². The largest absolute Gasteiger partial charge is 0.379 e. The fourth-order valence-corrected chi connectivity index (χ4v) is 4.38. The van der Waals surface area contributed by atoms with Crippen LogP contribution in [-0.4, -0.2) is 59.0 Å². The van der Waals surface area contributed by atoms with E-state index in [9.17, 15) is 13.2 Å². The Kier molecular flexibility index (Phi) is 6.33. The molecule has 2 aromatic rings. The van der Waals surface area contributed by atoms with Gasteiger partial charge in [0.2, 0.25) is 10.0 Å². The minimum Gasteiger partial charge on any atom is -0.379 e. The van der Waals surface area contributed by atoms with Gasteiger partial charge in [-0.1, -0.05) is 18.2 Å². The molecule has 0 atom stereocenters. The summed E-state index contributed by atoms with van der Waals surface area (Å²) >= 11 is 0. The summed E-state index contributed by atoms with van der Waals surface area (Å²) in [7, 11) is 0.305. The zero-order valence-corrected chi connectivity index (χ0v) is 16.9. The molecule has 0 aliphatic carbocycles. The number of rotatable bonds is 6. The monoisotopic (exact) mass is 403 g/mol. The molecule has 28 heavy (non-hydrogen) atoms. The van der Waals surface area contributed by atoms with E-state index in [1.807, 2.05) is 43.3 Å². The molecule has 1 aliphatic heterocycles. The molecule has 1 heterocycles. The van der Waals surface area contributed by atoms with Gasteiger partial charge in [0.1, 0.15) is 0 Å². The topological polar surface area (TPSA) is 79.0 Å². The van der Waals surface area contributed by atoms with E-state index in [1.54, 1.807) is 12.1 Å². The average Bonchev–Trinajstić information content (AvgIpc) is 2.73. The number of carbonyl (C=O) groups excluding carboxylic acids is 1. The van der Waals surface area contributed by atoms with Crippen LogP contribution in [0.5, 0.6) is 0 Å². The lowest BCUT2D eigenvalue weighted by atomic mass is 10.1. The van der Waals surface area contributed by atoms with Crippen LogP contribution in [0.4, 0.5) is 5.69 Å². The third kappa shape index (κ3) is 4.70. The Bertz CT molecular complexity index is 921. The zero-order valence-electron chi connectivity index (χ0n) is 16.1. The molecule has 1 aliphatic rings. The van der Waals surface area contributed by atoms with Crippen LogP contribution in [0.2, 0.25) is 0 Å². The van der Waals surface area contributed by atoms with E-state index in [-0.39, 0.29) is 10.8 Å². The van der Waals surface area contributed by atoms with Crippen molar-refractivity contribution in [2.75, 3.05) is 45.3 Å². The summed E-state index contributed by atoms with van der Waals surface area (Å²) < 4.78 is 32.1. The second-order valence-corrected chi connectivity index (χ2v) is 8.73. The number of sulfonamides is 1. The minimum absolute atomic E-state index is 0.123. The average molecular weight is 404 g/mol. The van der Waals surface area contributed by atoms with Crippen LogP contribution >= 0.6 is 0 Å². The number of benzene rings is 2. The number of morpholine rings is 1. The van der Waals surface area contributed by atoms with Gasteiger partial charge in [-0.05, 0) is 35.9 Å². The maximum atomic E-state index is 12.8. The molecule has 0 saturated carbocycles. The smallest absolute Gasteiger partial charge is 0.251 e. The van der Waals surface area contributed by atoms with E-state index >= 15 is 0 Å². The van der Waals surface area contributed by atoms with Crippen LogP contribution in [0, 0.1) is 0 Å². The van der Waals surface area contributed by atoms with E-state index in [4.69, 9.17) is 4.74 Å². The fourth-order valence-electron chi connectivity index (χ4n) is 2.93. The summed E-state index contributed by atoms with van der Waals surface area (Å²) in [6.07, 6.45) is 0. The lowest BCUT2D eigenvalue weighted by Crippen LogP contribution is -2.40. The molecule has 0 aromatic heterocycles. The molecule has 1 amide bonds. The highest BCUT2D eigenvalue weighted by Crippen LogP contribution is 2.18. The summed E-state index contributed by atoms with van der Waals surface area (Å²) in [5.74, 6) is -0.310. The van der Waals surface area contributed by atoms with Crippen LogP contribution in [0.1, 0.15) is 15.9 Å². The predicted molar refractivity (Wildman–Crippen MR) is 108 cm³/mol. The van der Waals surface area contributed by atoms with Gasteiger partial charge < -0.3 is 15.0 Å². The summed E-state index contributed by atoms with van der Waals surface area (Å²) in [5, 5.41) is 2.84. The predicted octanol–water partition coefficient (Wildman–Crippen LogP) is 1.70. The van der Waals surface area contributed by atoms with Gasteiger partial charge in [-0.3, -0.25) is 4.79 Å². The number of hydrogen-bond donors (Lipinski definition) is 1. The number of amides is 1. The molecule has 8 heteroatoms. The van der Waals surface area contributed by atoms with Crippen molar-refractivity contribution < 1.29 is 17.9 Å². The summed E-state index contributed by atoms with van der Waals surface area (Å²) in [4.78, 5) is 14.6. The first-order valence-corrected chi connectivity index (χ1v) is 10.5. The van der Waals surface area contributed by atoms with E-state index in [0.29, 0.717) is 38.4 Å². The minimum atomic E-state index is -3.63. The molecule has 0 radical (unpaired) electrons. The van der Waals surface area contributed by atoms with Crippen molar-refractivity contribution in [3.8, 4) is 0 Å². The van der Waals surface area contributed by atoms with Crippen molar-refractivity contribution in [1.29, 1.82) is 0 Å². The van der Waals surface area contributed by atoms with Crippen molar-refractivity contribution in [2.24, 2.45) is 0 Å². The zero-order chi connectivity index (χ0) is 20.1. The van der Waals surface area contributed by atoms with Crippen molar-refractivity contribution >= 4 is 21.6 Å². The van der Waals surface area contributed by atoms with Gasteiger partial charge in [0.25, 0.3) is 5.91 Å².